The first-order valence-corrected chi connectivity index (χ1v) is 7.43. The van der Waals surface area contributed by atoms with Crippen LogP contribution in [0.3, 0.4) is 0 Å². The molecule has 0 aliphatic carbocycles. The molecule has 0 spiro atoms. The van der Waals surface area contributed by atoms with Gasteiger partial charge in [-0.1, -0.05) is 42.5 Å². The highest BCUT2D eigenvalue weighted by atomic mass is 35.5. The molecule has 0 bridgehead atoms. The van der Waals surface area contributed by atoms with Gasteiger partial charge in [-0.2, -0.15) is 0 Å². The van der Waals surface area contributed by atoms with Gasteiger partial charge in [-0.15, -0.1) is 12.4 Å². The van der Waals surface area contributed by atoms with Gasteiger partial charge < -0.3 is 10.6 Å². The van der Waals surface area contributed by atoms with E-state index in [2.05, 4.69) is 0 Å². The zero-order valence-corrected chi connectivity index (χ0v) is 13.7. The second-order valence-electron chi connectivity index (χ2n) is 5.83. The lowest BCUT2D eigenvalue weighted by molar-refractivity contribution is 0.0784. The van der Waals surface area contributed by atoms with Crippen LogP contribution in [-0.4, -0.2) is 29.9 Å². The highest BCUT2D eigenvalue weighted by Gasteiger charge is 2.34. The van der Waals surface area contributed by atoms with Crippen molar-refractivity contribution in [3.05, 3.63) is 71.0 Å². The van der Waals surface area contributed by atoms with Crippen LogP contribution >= 0.6 is 12.4 Å². The number of amides is 1. The molecule has 2 aromatic rings. The Morgan fingerprint density at radius 3 is 2.52 bits per heavy atom. The first-order valence-electron chi connectivity index (χ1n) is 7.43. The average molecular weight is 335 g/mol. The first kappa shape index (κ1) is 17.4. The second kappa shape index (κ2) is 7.11. The minimum atomic E-state index is -0.441. The Balaban J connectivity index is 0.00000192. The summed E-state index contributed by atoms with van der Waals surface area (Å²) in [5.41, 5.74) is 7.92. The number of rotatable bonds is 2. The fourth-order valence-electron chi connectivity index (χ4n) is 3.03. The van der Waals surface area contributed by atoms with Crippen molar-refractivity contribution in [1.29, 1.82) is 0 Å². The van der Waals surface area contributed by atoms with Crippen molar-refractivity contribution in [3.63, 3.8) is 0 Å². The number of nitrogens with two attached hydrogens (primary N) is 1. The van der Waals surface area contributed by atoms with Crippen LogP contribution in [0.15, 0.2) is 48.5 Å². The molecule has 1 saturated heterocycles. The van der Waals surface area contributed by atoms with E-state index in [1.54, 1.807) is 24.0 Å². The molecule has 0 radical (unpaired) electrons. The van der Waals surface area contributed by atoms with E-state index in [1.807, 2.05) is 30.3 Å². The second-order valence-corrected chi connectivity index (χ2v) is 5.83. The minimum absolute atomic E-state index is 0. The Hall–Kier alpha value is -1.91. The Morgan fingerprint density at radius 1 is 1.13 bits per heavy atom. The number of hydrogen-bond donors (Lipinski definition) is 1. The predicted octanol–water partition coefficient (Wildman–Crippen LogP) is 3.12. The van der Waals surface area contributed by atoms with Crippen molar-refractivity contribution in [3.8, 4) is 0 Å². The normalized spacial score (nSPS) is 20.2. The van der Waals surface area contributed by atoms with Crippen molar-refractivity contribution >= 4 is 18.3 Å². The molecule has 23 heavy (non-hydrogen) atoms. The smallest absolute Gasteiger partial charge is 0.256 e. The molecule has 0 aromatic heterocycles. The topological polar surface area (TPSA) is 46.3 Å². The van der Waals surface area contributed by atoms with Crippen LogP contribution in [-0.2, 0) is 0 Å². The van der Waals surface area contributed by atoms with E-state index in [0.717, 1.165) is 5.56 Å². The fourth-order valence-corrected chi connectivity index (χ4v) is 3.03. The van der Waals surface area contributed by atoms with E-state index in [-0.39, 0.29) is 35.8 Å². The molecule has 0 unspecified atom stereocenters. The third kappa shape index (κ3) is 3.38. The lowest BCUT2D eigenvalue weighted by Crippen LogP contribution is -2.32. The van der Waals surface area contributed by atoms with Gasteiger partial charge >= 0.3 is 0 Å². The Labute approximate surface area is 141 Å². The molecular formula is C18H20ClFN2O. The van der Waals surface area contributed by atoms with Gasteiger partial charge in [-0.25, -0.2) is 4.39 Å². The summed E-state index contributed by atoms with van der Waals surface area (Å²) in [7, 11) is 0. The van der Waals surface area contributed by atoms with E-state index in [4.69, 9.17) is 5.73 Å². The Morgan fingerprint density at radius 2 is 1.83 bits per heavy atom. The van der Waals surface area contributed by atoms with Crippen LogP contribution in [0, 0.1) is 12.7 Å². The molecule has 1 aliphatic heterocycles. The highest BCUT2D eigenvalue weighted by molar-refractivity contribution is 5.95. The van der Waals surface area contributed by atoms with Crippen LogP contribution in [0.5, 0.6) is 0 Å². The number of aryl methyl sites for hydroxylation is 1. The molecule has 1 heterocycles. The summed E-state index contributed by atoms with van der Waals surface area (Å²) < 4.78 is 14.1. The van der Waals surface area contributed by atoms with Crippen LogP contribution < -0.4 is 5.73 Å². The van der Waals surface area contributed by atoms with Gasteiger partial charge in [0.05, 0.1) is 5.56 Å². The number of benzene rings is 2. The largest absolute Gasteiger partial charge is 0.336 e. The maximum absolute atomic E-state index is 14.1. The fraction of sp³-hybridized carbons (Fsp3) is 0.278. The lowest BCUT2D eigenvalue weighted by Gasteiger charge is -2.17. The molecule has 3 rings (SSSR count). The quantitative estimate of drug-likeness (QED) is 0.917. The van der Waals surface area contributed by atoms with Crippen molar-refractivity contribution in [2.75, 3.05) is 13.1 Å². The van der Waals surface area contributed by atoms with Crippen LogP contribution in [0.2, 0.25) is 0 Å². The maximum Gasteiger partial charge on any atom is 0.256 e. The molecule has 1 fully saturated rings. The van der Waals surface area contributed by atoms with Gasteiger partial charge in [0.1, 0.15) is 5.82 Å². The number of halogens is 2. The molecular weight excluding hydrogens is 315 g/mol. The van der Waals surface area contributed by atoms with Crippen molar-refractivity contribution in [2.24, 2.45) is 5.73 Å². The molecule has 0 saturated carbocycles. The number of carbonyl (C=O) groups is 1. The molecule has 1 aliphatic rings. The summed E-state index contributed by atoms with van der Waals surface area (Å²) in [6.45, 7) is 2.64. The molecule has 5 heteroatoms. The Kier molecular flexibility index (Phi) is 5.39. The predicted molar refractivity (Wildman–Crippen MR) is 91.4 cm³/mol. The van der Waals surface area contributed by atoms with Gasteiger partial charge in [0, 0.05) is 25.0 Å². The summed E-state index contributed by atoms with van der Waals surface area (Å²) >= 11 is 0. The van der Waals surface area contributed by atoms with Gasteiger partial charge in [0.25, 0.3) is 5.91 Å². The minimum Gasteiger partial charge on any atom is -0.336 e. The molecule has 3 nitrogen and oxygen atoms in total. The van der Waals surface area contributed by atoms with Crippen molar-refractivity contribution < 1.29 is 9.18 Å². The summed E-state index contributed by atoms with van der Waals surface area (Å²) in [6.07, 6.45) is 0. The number of likely N-dealkylation sites (tertiary alicyclic amines) is 1. The van der Waals surface area contributed by atoms with Crippen LogP contribution in [0.25, 0.3) is 0 Å². The van der Waals surface area contributed by atoms with Crippen LogP contribution in [0.4, 0.5) is 4.39 Å². The van der Waals surface area contributed by atoms with E-state index in [1.165, 1.54) is 6.07 Å². The standard InChI is InChI=1S/C18H19FN2O.ClH/c1-12-6-5-9-14(17(12)19)18(22)21-10-15(16(20)11-21)13-7-3-2-4-8-13;/h2-9,15-16H,10-11,20H2,1H3;1H/t15-,16+;/m0./s1. The lowest BCUT2D eigenvalue weighted by atomic mass is 9.95. The zero-order chi connectivity index (χ0) is 15.7. The number of nitrogens with zero attached hydrogens (tertiary/aromatic N) is 1. The first-order chi connectivity index (χ1) is 10.6. The van der Waals surface area contributed by atoms with E-state index in [0.29, 0.717) is 18.7 Å². The van der Waals surface area contributed by atoms with Gasteiger partial charge in [0.2, 0.25) is 0 Å². The molecule has 1 amide bonds. The van der Waals surface area contributed by atoms with E-state index >= 15 is 0 Å². The maximum atomic E-state index is 14.1. The third-order valence-corrected chi connectivity index (χ3v) is 4.30. The van der Waals surface area contributed by atoms with Crippen LogP contribution in [0.1, 0.15) is 27.4 Å². The zero-order valence-electron chi connectivity index (χ0n) is 12.9. The van der Waals surface area contributed by atoms with Gasteiger partial charge in [-0.05, 0) is 24.1 Å². The van der Waals surface area contributed by atoms with E-state index < -0.39 is 5.82 Å². The SMILES string of the molecule is Cc1cccc(C(=O)N2C[C@@H](N)[C@H](c3ccccc3)C2)c1F.Cl. The number of hydrogen-bond acceptors (Lipinski definition) is 2. The van der Waals surface area contributed by atoms with Gasteiger partial charge in [-0.3, -0.25) is 4.79 Å². The average Bonchev–Trinajstić information content (AvgIpc) is 2.92. The third-order valence-electron chi connectivity index (χ3n) is 4.30. The van der Waals surface area contributed by atoms with E-state index in [9.17, 15) is 9.18 Å². The molecule has 122 valence electrons. The summed E-state index contributed by atoms with van der Waals surface area (Å²) in [5, 5.41) is 0. The summed E-state index contributed by atoms with van der Waals surface area (Å²) in [4.78, 5) is 14.2. The monoisotopic (exact) mass is 334 g/mol. The summed E-state index contributed by atoms with van der Waals surface area (Å²) in [6, 6.07) is 14.7. The van der Waals surface area contributed by atoms with Crippen molar-refractivity contribution in [2.45, 2.75) is 18.9 Å². The molecule has 2 atom stereocenters. The molecule has 2 aromatic carbocycles. The van der Waals surface area contributed by atoms with Crippen molar-refractivity contribution in [1.82, 2.24) is 4.90 Å². The molecule has 2 N–H and O–H groups in total. The highest BCUT2D eigenvalue weighted by Crippen LogP contribution is 2.28. The van der Waals surface area contributed by atoms with Gasteiger partial charge in [0.15, 0.2) is 0 Å². The Bertz CT molecular complexity index is 693. The summed E-state index contributed by atoms with van der Waals surface area (Å²) in [5.74, 6) is -0.627. The number of carbonyl (C=O) groups excluding carboxylic acids is 1.